The van der Waals surface area contributed by atoms with Crippen LogP contribution in [0.25, 0.3) is 0 Å². The van der Waals surface area contributed by atoms with Gasteiger partial charge in [0.1, 0.15) is 0 Å². The average Bonchev–Trinajstić information content (AvgIpc) is 2.37. The molecule has 0 aromatic heterocycles. The van der Waals surface area contributed by atoms with Crippen molar-refractivity contribution in [2.75, 3.05) is 0 Å². The van der Waals surface area contributed by atoms with Gasteiger partial charge in [-0.2, -0.15) is 0 Å². The third-order valence-electron chi connectivity index (χ3n) is 2.63. The Bertz CT molecular complexity index is 733. The van der Waals surface area contributed by atoms with Gasteiger partial charge in [0.15, 0.2) is 5.25 Å². The van der Waals surface area contributed by atoms with Crippen molar-refractivity contribution in [2.24, 2.45) is 4.99 Å². The van der Waals surface area contributed by atoms with E-state index in [0.29, 0.717) is 15.6 Å². The number of aliphatic imine (C=N–C) groups is 1. The minimum atomic E-state index is -4.04. The highest BCUT2D eigenvalue weighted by Crippen LogP contribution is 2.21. The quantitative estimate of drug-likeness (QED) is 0.848. The Kier molecular flexibility index (Phi) is 4.62. The van der Waals surface area contributed by atoms with Gasteiger partial charge >= 0.3 is 6.03 Å². The highest BCUT2D eigenvalue weighted by molar-refractivity contribution is 7.91. The number of rotatable bonds is 4. The molecule has 0 saturated carbocycles. The minimum Gasteiger partial charge on any atom is -0.275 e. The minimum absolute atomic E-state index is 0.121. The summed E-state index contributed by atoms with van der Waals surface area (Å²) in [6.07, 6.45) is 0.785. The lowest BCUT2D eigenvalue weighted by Gasteiger charge is -2.16. The van der Waals surface area contributed by atoms with Crippen molar-refractivity contribution in [3.8, 4) is 0 Å². The van der Waals surface area contributed by atoms with Crippen molar-refractivity contribution < 1.29 is 18.0 Å². The molecule has 10 heteroatoms. The maximum atomic E-state index is 12.0. The zero-order valence-corrected chi connectivity index (χ0v) is 12.7. The number of carbonyl (C=O) groups is 2. The molecule has 1 aromatic carbocycles. The second-order valence-electron chi connectivity index (χ2n) is 4.10. The first-order valence-electron chi connectivity index (χ1n) is 5.61. The number of nitrogens with zero attached hydrogens (tertiary/aromatic N) is 1. The van der Waals surface area contributed by atoms with Gasteiger partial charge in [-0.05, 0) is 17.7 Å². The van der Waals surface area contributed by atoms with Crippen LogP contribution in [0.15, 0.2) is 23.2 Å². The molecule has 1 aromatic rings. The number of amides is 3. The number of carbonyl (C=O) groups excluding carboxylic acids is 2. The number of hydrogen-bond donors (Lipinski definition) is 2. The van der Waals surface area contributed by atoms with Gasteiger partial charge in [0.2, 0.25) is 10.0 Å². The topological polar surface area (TPSA) is 105 Å². The van der Waals surface area contributed by atoms with E-state index in [4.69, 9.17) is 23.2 Å². The number of imide groups is 1. The maximum Gasteiger partial charge on any atom is 0.347 e. The van der Waals surface area contributed by atoms with Crippen molar-refractivity contribution in [3.05, 3.63) is 33.8 Å². The summed E-state index contributed by atoms with van der Waals surface area (Å²) < 4.78 is 26.3. The molecule has 2 rings (SSSR count). The van der Waals surface area contributed by atoms with Gasteiger partial charge in [-0.15, -0.1) is 0 Å². The summed E-state index contributed by atoms with van der Waals surface area (Å²) in [4.78, 5) is 25.6. The summed E-state index contributed by atoms with van der Waals surface area (Å²) >= 11 is 11.7. The van der Waals surface area contributed by atoms with Gasteiger partial charge < -0.3 is 0 Å². The van der Waals surface area contributed by atoms with Crippen molar-refractivity contribution in [1.82, 2.24) is 10.0 Å². The third-order valence-corrected chi connectivity index (χ3v) is 4.77. The first-order valence-corrected chi connectivity index (χ1v) is 7.91. The summed E-state index contributed by atoms with van der Waals surface area (Å²) in [5.41, 5.74) is 0.494. The van der Waals surface area contributed by atoms with Crippen molar-refractivity contribution in [2.45, 2.75) is 11.8 Å². The molecule has 21 heavy (non-hydrogen) atoms. The number of sulfonamides is 1. The zero-order chi connectivity index (χ0) is 15.6. The predicted molar refractivity (Wildman–Crippen MR) is 78.0 cm³/mol. The lowest BCUT2D eigenvalue weighted by molar-refractivity contribution is -0.118. The standard InChI is InChI=1S/C11H9Cl2N3O4S/c12-7-2-1-6(8(13)3-7)4-15-21(19,20)9-5-14-11(18)16-10(9)17/h1-3,5,9,15H,4H2,(H,16,17,18). The van der Waals surface area contributed by atoms with E-state index in [0.717, 1.165) is 6.21 Å². The van der Waals surface area contributed by atoms with Crippen molar-refractivity contribution in [1.29, 1.82) is 0 Å². The molecular weight excluding hydrogens is 341 g/mol. The SMILES string of the molecule is O=C1N=CC(S(=O)(=O)NCc2ccc(Cl)cc2Cl)C(=O)N1. The number of nitrogens with one attached hydrogen (secondary N) is 2. The number of benzene rings is 1. The summed E-state index contributed by atoms with van der Waals surface area (Å²) in [6.45, 7) is -0.121. The number of hydrogen-bond acceptors (Lipinski definition) is 4. The Balaban J connectivity index is 2.13. The zero-order valence-electron chi connectivity index (χ0n) is 10.3. The molecule has 0 saturated heterocycles. The van der Waals surface area contributed by atoms with Crippen LogP contribution in [0.5, 0.6) is 0 Å². The molecule has 1 aliphatic heterocycles. The molecule has 1 atom stereocenters. The molecular formula is C11H9Cl2N3O4S. The maximum absolute atomic E-state index is 12.0. The van der Waals surface area contributed by atoms with E-state index in [-0.39, 0.29) is 6.54 Å². The van der Waals surface area contributed by atoms with Crippen LogP contribution in [0.2, 0.25) is 10.0 Å². The van der Waals surface area contributed by atoms with Gasteiger partial charge in [0, 0.05) is 22.8 Å². The monoisotopic (exact) mass is 349 g/mol. The van der Waals surface area contributed by atoms with Crippen LogP contribution in [0.4, 0.5) is 4.79 Å². The van der Waals surface area contributed by atoms with Crippen LogP contribution >= 0.6 is 23.2 Å². The second-order valence-corrected chi connectivity index (χ2v) is 6.83. The highest BCUT2D eigenvalue weighted by Gasteiger charge is 2.34. The number of halogens is 2. The van der Waals surface area contributed by atoms with Crippen LogP contribution in [-0.2, 0) is 21.4 Å². The molecule has 7 nitrogen and oxygen atoms in total. The molecule has 0 aliphatic carbocycles. The van der Waals surface area contributed by atoms with Crippen LogP contribution in [0.3, 0.4) is 0 Å². The lowest BCUT2D eigenvalue weighted by Crippen LogP contribution is -2.50. The van der Waals surface area contributed by atoms with Gasteiger partial charge in [0.25, 0.3) is 5.91 Å². The van der Waals surface area contributed by atoms with Crippen molar-refractivity contribution >= 4 is 51.4 Å². The molecule has 1 unspecified atom stereocenters. The molecule has 112 valence electrons. The lowest BCUT2D eigenvalue weighted by atomic mass is 10.2. The first-order chi connectivity index (χ1) is 9.79. The van der Waals surface area contributed by atoms with Gasteiger partial charge in [-0.3, -0.25) is 10.1 Å². The van der Waals surface area contributed by atoms with E-state index in [1.54, 1.807) is 12.1 Å². The van der Waals surface area contributed by atoms with E-state index in [1.165, 1.54) is 6.07 Å². The Hall–Kier alpha value is -1.48. The first kappa shape index (κ1) is 15.9. The summed E-state index contributed by atoms with van der Waals surface area (Å²) in [6, 6.07) is 3.70. The summed E-state index contributed by atoms with van der Waals surface area (Å²) in [7, 11) is -4.04. The average molecular weight is 350 g/mol. The van der Waals surface area contributed by atoms with Crippen LogP contribution in [-0.4, -0.2) is 31.8 Å². The van der Waals surface area contributed by atoms with Gasteiger partial charge in [0.05, 0.1) is 0 Å². The van der Waals surface area contributed by atoms with Crippen LogP contribution < -0.4 is 10.0 Å². The fourth-order valence-corrected chi connectivity index (χ4v) is 3.14. The van der Waals surface area contributed by atoms with E-state index >= 15 is 0 Å². The molecule has 3 amide bonds. The summed E-state index contributed by atoms with van der Waals surface area (Å²) in [5, 5.41) is 0.960. The Morgan fingerprint density at radius 1 is 1.29 bits per heavy atom. The largest absolute Gasteiger partial charge is 0.347 e. The van der Waals surface area contributed by atoms with Crippen LogP contribution in [0, 0.1) is 0 Å². The van der Waals surface area contributed by atoms with E-state index in [9.17, 15) is 18.0 Å². The summed E-state index contributed by atoms with van der Waals surface area (Å²) in [5.74, 6) is -0.954. The fraction of sp³-hybridized carbons (Fsp3) is 0.182. The molecule has 2 N–H and O–H groups in total. The van der Waals surface area contributed by atoms with Gasteiger partial charge in [-0.25, -0.2) is 22.9 Å². The van der Waals surface area contributed by atoms with Gasteiger partial charge in [-0.1, -0.05) is 29.3 Å². The number of urea groups is 1. The normalized spacial score (nSPS) is 18.7. The van der Waals surface area contributed by atoms with Crippen LogP contribution in [0.1, 0.15) is 5.56 Å². The second kappa shape index (κ2) is 6.10. The smallest absolute Gasteiger partial charge is 0.275 e. The van der Waals surface area contributed by atoms with Crippen molar-refractivity contribution in [3.63, 3.8) is 0 Å². The highest BCUT2D eigenvalue weighted by atomic mass is 35.5. The Morgan fingerprint density at radius 3 is 2.62 bits per heavy atom. The molecule has 1 heterocycles. The van der Waals surface area contributed by atoms with E-state index in [1.807, 2.05) is 5.32 Å². The predicted octanol–water partition coefficient (Wildman–Crippen LogP) is 1.10. The molecule has 0 bridgehead atoms. The molecule has 0 fully saturated rings. The Morgan fingerprint density at radius 2 is 2.00 bits per heavy atom. The van der Waals surface area contributed by atoms with E-state index in [2.05, 4.69) is 9.71 Å². The molecule has 1 aliphatic rings. The molecule has 0 spiro atoms. The molecule has 0 radical (unpaired) electrons. The van der Waals surface area contributed by atoms with E-state index < -0.39 is 27.2 Å². The fourth-order valence-electron chi connectivity index (χ4n) is 1.57. The Labute approximate surface area is 130 Å². The third kappa shape index (κ3) is 3.79.